The number of rotatable bonds is 14. The fourth-order valence-electron chi connectivity index (χ4n) is 8.78. The van der Waals surface area contributed by atoms with E-state index in [2.05, 4.69) is 86.6 Å². The predicted molar refractivity (Wildman–Crippen MR) is 253 cm³/mol. The number of alkyl carbamates (subject to hydrolysis) is 2. The molecule has 2 aromatic heterocycles. The molecule has 1 saturated heterocycles. The number of hydrogen-bond donors (Lipinski definition) is 5. The van der Waals surface area contributed by atoms with E-state index < -0.39 is 24.3 Å². The first-order valence-corrected chi connectivity index (χ1v) is 22.1. The van der Waals surface area contributed by atoms with Gasteiger partial charge < -0.3 is 40.3 Å². The highest BCUT2D eigenvalue weighted by molar-refractivity contribution is 5.93. The van der Waals surface area contributed by atoms with Crippen molar-refractivity contribution in [3.63, 3.8) is 0 Å². The second-order valence-corrected chi connectivity index (χ2v) is 16.4. The van der Waals surface area contributed by atoms with Crippen molar-refractivity contribution in [2.75, 3.05) is 27.3 Å². The smallest absolute Gasteiger partial charge is 0.407 e. The van der Waals surface area contributed by atoms with E-state index in [0.29, 0.717) is 24.2 Å². The van der Waals surface area contributed by atoms with Crippen molar-refractivity contribution < 1.29 is 28.7 Å². The number of nitrogens with one attached hydrogen (secondary N) is 5. The van der Waals surface area contributed by atoms with Gasteiger partial charge in [0.2, 0.25) is 5.91 Å². The van der Waals surface area contributed by atoms with Crippen molar-refractivity contribution in [1.29, 1.82) is 0 Å². The van der Waals surface area contributed by atoms with Crippen LogP contribution < -0.4 is 16.0 Å². The van der Waals surface area contributed by atoms with Crippen molar-refractivity contribution >= 4 is 56.8 Å². The SMILES string of the molecule is COC(=O)N[C@@H](C(=O)NCCCCc1nc2ccc(-c3ccc4cc(-c5ccc6nc([C@@H]7CCCN7C(=O)[C@H](NC(=O)OC)c7ccccc7)[nH]c6c5)ccc4c3)cc2[nH]1)c1ccccc1. The predicted octanol–water partition coefficient (Wildman–Crippen LogP) is 9.22. The number of fused-ring (bicyclic) bond motifs is 3. The number of unbranched alkanes of at least 4 members (excludes halogenated alkanes) is 1. The van der Waals surface area contributed by atoms with Gasteiger partial charge in [0, 0.05) is 19.5 Å². The molecule has 3 atom stereocenters. The van der Waals surface area contributed by atoms with E-state index in [0.717, 1.165) is 98.8 Å². The molecule has 0 unspecified atom stereocenters. The summed E-state index contributed by atoms with van der Waals surface area (Å²) < 4.78 is 9.58. The maximum atomic E-state index is 14.0. The Balaban J connectivity index is 0.838. The van der Waals surface area contributed by atoms with Gasteiger partial charge in [0.15, 0.2) is 0 Å². The molecule has 9 rings (SSSR count). The van der Waals surface area contributed by atoms with Gasteiger partial charge in [-0.3, -0.25) is 9.59 Å². The normalized spacial score (nSPS) is 14.5. The summed E-state index contributed by atoms with van der Waals surface area (Å²) in [4.78, 5) is 69.8. The Morgan fingerprint density at radius 3 is 1.82 bits per heavy atom. The lowest BCUT2D eigenvalue weighted by Gasteiger charge is -2.28. The Morgan fingerprint density at radius 2 is 1.20 bits per heavy atom. The number of hydrogen-bond acceptors (Lipinski definition) is 8. The van der Waals surface area contributed by atoms with E-state index >= 15 is 0 Å². The summed E-state index contributed by atoms with van der Waals surface area (Å²) in [5.74, 6) is 1.10. The molecule has 334 valence electrons. The van der Waals surface area contributed by atoms with Crippen molar-refractivity contribution in [2.24, 2.45) is 0 Å². The summed E-state index contributed by atoms with van der Waals surface area (Å²) in [5, 5.41) is 10.5. The number of likely N-dealkylation sites (tertiary alicyclic amines) is 1. The molecule has 0 bridgehead atoms. The van der Waals surface area contributed by atoms with Crippen LogP contribution in [0.2, 0.25) is 0 Å². The molecule has 5 N–H and O–H groups in total. The third-order valence-corrected chi connectivity index (χ3v) is 12.2. The lowest BCUT2D eigenvalue weighted by atomic mass is 9.97. The van der Waals surface area contributed by atoms with Crippen LogP contribution in [0.25, 0.3) is 55.1 Å². The van der Waals surface area contributed by atoms with Crippen LogP contribution in [0.3, 0.4) is 0 Å². The summed E-state index contributed by atoms with van der Waals surface area (Å²) in [6.07, 6.45) is 2.51. The molecule has 14 nitrogen and oxygen atoms in total. The number of aromatic nitrogens is 4. The number of amides is 4. The molecule has 14 heteroatoms. The number of aryl methyl sites for hydroxylation is 1. The van der Waals surface area contributed by atoms with Gasteiger partial charge in [0.1, 0.15) is 23.7 Å². The van der Waals surface area contributed by atoms with E-state index in [1.807, 2.05) is 60.7 Å². The monoisotopic (exact) mass is 882 g/mol. The van der Waals surface area contributed by atoms with Crippen molar-refractivity contribution in [1.82, 2.24) is 40.8 Å². The second kappa shape index (κ2) is 19.4. The number of benzene rings is 6. The molecule has 3 heterocycles. The van der Waals surface area contributed by atoms with Gasteiger partial charge in [-0.1, -0.05) is 97.1 Å². The van der Waals surface area contributed by atoms with Crippen molar-refractivity contribution in [3.8, 4) is 22.3 Å². The van der Waals surface area contributed by atoms with Gasteiger partial charge in [-0.15, -0.1) is 0 Å². The van der Waals surface area contributed by atoms with E-state index in [1.165, 1.54) is 14.2 Å². The molecule has 1 fully saturated rings. The van der Waals surface area contributed by atoms with Gasteiger partial charge in [-0.05, 0) is 106 Å². The minimum Gasteiger partial charge on any atom is -0.453 e. The zero-order chi connectivity index (χ0) is 45.6. The summed E-state index contributed by atoms with van der Waals surface area (Å²) in [6, 6.07) is 41.7. The highest BCUT2D eigenvalue weighted by atomic mass is 16.5. The maximum absolute atomic E-state index is 14.0. The fraction of sp³-hybridized carbons (Fsp3) is 0.231. The van der Waals surface area contributed by atoms with Gasteiger partial charge >= 0.3 is 12.2 Å². The molecule has 0 spiro atoms. The average Bonchev–Trinajstić information content (AvgIpc) is 4.13. The van der Waals surface area contributed by atoms with Crippen LogP contribution in [0.4, 0.5) is 9.59 Å². The first kappa shape index (κ1) is 43.3. The molecule has 6 aromatic carbocycles. The average molecular weight is 883 g/mol. The van der Waals surface area contributed by atoms with Gasteiger partial charge in [-0.2, -0.15) is 0 Å². The molecule has 0 aliphatic carbocycles. The number of H-pyrrole nitrogens is 2. The molecule has 8 aromatic rings. The second-order valence-electron chi connectivity index (χ2n) is 16.4. The Labute approximate surface area is 381 Å². The number of nitrogens with zero attached hydrogens (tertiary/aromatic N) is 3. The zero-order valence-electron chi connectivity index (χ0n) is 36.7. The van der Waals surface area contributed by atoms with E-state index in [1.54, 1.807) is 17.0 Å². The highest BCUT2D eigenvalue weighted by Gasteiger charge is 2.37. The Kier molecular flexibility index (Phi) is 12.7. The minimum absolute atomic E-state index is 0.207. The molecular formula is C52H50N8O6. The number of methoxy groups -OCH3 is 2. The Hall–Kier alpha value is -8.00. The largest absolute Gasteiger partial charge is 0.453 e. The number of carbonyl (C=O) groups is 4. The highest BCUT2D eigenvalue weighted by Crippen LogP contribution is 2.36. The lowest BCUT2D eigenvalue weighted by Crippen LogP contribution is -2.42. The van der Waals surface area contributed by atoms with Crippen molar-refractivity contribution in [2.45, 2.75) is 50.2 Å². The molecule has 0 radical (unpaired) electrons. The number of ether oxygens (including phenoxy) is 2. The molecule has 4 amide bonds. The van der Waals surface area contributed by atoms with Gasteiger partial charge in [-0.25, -0.2) is 19.6 Å². The number of aromatic amines is 2. The Bertz CT molecular complexity index is 3040. The molecule has 0 saturated carbocycles. The lowest BCUT2D eigenvalue weighted by molar-refractivity contribution is -0.134. The summed E-state index contributed by atoms with van der Waals surface area (Å²) in [7, 11) is 2.56. The van der Waals surface area contributed by atoms with E-state index in [4.69, 9.17) is 19.4 Å². The van der Waals surface area contributed by atoms with Crippen LogP contribution in [-0.4, -0.2) is 76.1 Å². The van der Waals surface area contributed by atoms with E-state index in [-0.39, 0.29) is 17.9 Å². The van der Waals surface area contributed by atoms with Gasteiger partial charge in [0.05, 0.1) is 42.3 Å². The number of carbonyl (C=O) groups excluding carboxylic acids is 4. The van der Waals surface area contributed by atoms with Crippen LogP contribution in [0.1, 0.15) is 66.6 Å². The zero-order valence-corrected chi connectivity index (χ0v) is 36.7. The Morgan fingerprint density at radius 1 is 0.652 bits per heavy atom. The van der Waals surface area contributed by atoms with Crippen molar-refractivity contribution in [3.05, 3.63) is 156 Å². The van der Waals surface area contributed by atoms with Crippen LogP contribution >= 0.6 is 0 Å². The standard InChI is InChI=1S/C52H50N8O6/c1-65-51(63)58-46(32-12-5-3-6-13-32)49(61)53-26-10-9-17-45-54-40-24-22-38(30-42(40)55-45)36-20-18-35-29-37(21-19-34(35)28-36)39-23-25-41-43(31-39)57-48(56-41)44-16-11-27-60(44)50(62)47(59-52(64)66-2)33-14-7-4-8-15-33/h3-8,12-15,18-25,28-31,44,46-47H,9-11,16-17,26-27H2,1-2H3,(H,53,61)(H,54,55)(H,56,57)(H,58,63)(H,59,64)/t44-,46+,47+/m0/s1. The number of imidazole rings is 2. The van der Waals surface area contributed by atoms with Crippen LogP contribution in [0, 0.1) is 0 Å². The topological polar surface area (TPSA) is 183 Å². The fourth-order valence-corrected chi connectivity index (χ4v) is 8.78. The summed E-state index contributed by atoms with van der Waals surface area (Å²) in [6.45, 7) is 1.01. The molecule has 66 heavy (non-hydrogen) atoms. The van der Waals surface area contributed by atoms with Crippen LogP contribution in [-0.2, 0) is 25.5 Å². The summed E-state index contributed by atoms with van der Waals surface area (Å²) in [5.41, 5.74) is 9.22. The third kappa shape index (κ3) is 9.43. The molecular weight excluding hydrogens is 833 g/mol. The maximum Gasteiger partial charge on any atom is 0.407 e. The first-order chi connectivity index (χ1) is 32.2. The minimum atomic E-state index is -0.883. The molecule has 1 aliphatic rings. The summed E-state index contributed by atoms with van der Waals surface area (Å²) >= 11 is 0. The van der Waals surface area contributed by atoms with Crippen LogP contribution in [0.15, 0.2) is 133 Å². The quantitative estimate of drug-likeness (QED) is 0.0670. The van der Waals surface area contributed by atoms with Crippen LogP contribution in [0.5, 0.6) is 0 Å². The van der Waals surface area contributed by atoms with E-state index in [9.17, 15) is 19.2 Å². The van der Waals surface area contributed by atoms with Gasteiger partial charge in [0.25, 0.3) is 5.91 Å². The molecule has 1 aliphatic heterocycles. The third-order valence-electron chi connectivity index (χ3n) is 12.2. The first-order valence-electron chi connectivity index (χ1n) is 22.1.